The first-order chi connectivity index (χ1) is 20.0. The average Bonchev–Trinajstić information content (AvgIpc) is 3.49. The van der Waals surface area contributed by atoms with Crippen molar-refractivity contribution in [2.24, 2.45) is 0 Å². The molecule has 1 aromatic carbocycles. The molecule has 4 heterocycles. The molecule has 0 bridgehead atoms. The van der Waals surface area contributed by atoms with Gasteiger partial charge in [-0.05, 0) is 37.5 Å². The molecule has 0 spiro atoms. The van der Waals surface area contributed by atoms with E-state index in [0.717, 1.165) is 27.7 Å². The average molecular weight is 650 g/mol. The minimum absolute atomic E-state index is 0.000388. The lowest BCUT2D eigenvalue weighted by molar-refractivity contribution is -0.137. The number of nitrogens with one attached hydrogen (secondary N) is 1. The van der Waals surface area contributed by atoms with Crippen LogP contribution in [-0.4, -0.2) is 92.5 Å². The first-order valence-corrected chi connectivity index (χ1v) is 15.5. The molecule has 17 heteroatoms. The van der Waals surface area contributed by atoms with Crippen LogP contribution in [0.5, 0.6) is 0 Å². The second-order valence-electron chi connectivity index (χ2n) is 11.2. The SMILES string of the molecule is C[C@@]1(O)CCN(Cc2cc(F)c(-n3cnc(-c4nc(N[C@@H]5CCN(S(C)(=O)=O)C[C@H]5F)ncc4C(F)(F)F)c3)c(Cl)c2)C1. The van der Waals surface area contributed by atoms with Crippen LogP contribution in [-0.2, 0) is 22.7 Å². The van der Waals surface area contributed by atoms with Crippen molar-refractivity contribution in [1.82, 2.24) is 28.7 Å². The number of hydrogen-bond acceptors (Lipinski definition) is 8. The number of aliphatic hydroxyl groups is 1. The molecule has 0 unspecified atom stereocenters. The predicted molar refractivity (Wildman–Crippen MR) is 148 cm³/mol. The van der Waals surface area contributed by atoms with Crippen molar-refractivity contribution >= 4 is 27.6 Å². The van der Waals surface area contributed by atoms with Gasteiger partial charge in [-0.15, -0.1) is 0 Å². The summed E-state index contributed by atoms with van der Waals surface area (Å²) in [4.78, 5) is 13.7. The van der Waals surface area contributed by atoms with E-state index in [0.29, 0.717) is 37.8 Å². The van der Waals surface area contributed by atoms with Gasteiger partial charge in [0.1, 0.15) is 41.0 Å². The third-order valence-corrected chi connectivity index (χ3v) is 9.04. The first-order valence-electron chi connectivity index (χ1n) is 13.3. The van der Waals surface area contributed by atoms with Crippen LogP contribution in [0.15, 0.2) is 30.9 Å². The van der Waals surface area contributed by atoms with Gasteiger partial charge in [-0.2, -0.15) is 17.5 Å². The molecule has 234 valence electrons. The Kier molecular flexibility index (Phi) is 8.45. The summed E-state index contributed by atoms with van der Waals surface area (Å²) in [5, 5.41) is 12.9. The van der Waals surface area contributed by atoms with Gasteiger partial charge < -0.3 is 15.0 Å². The van der Waals surface area contributed by atoms with Gasteiger partial charge in [-0.1, -0.05) is 11.6 Å². The third kappa shape index (κ3) is 7.09. The number of halogens is 6. The molecule has 2 fully saturated rings. The highest BCUT2D eigenvalue weighted by atomic mass is 35.5. The van der Waals surface area contributed by atoms with Crippen LogP contribution in [0.4, 0.5) is 27.9 Å². The molecule has 3 aromatic rings. The largest absolute Gasteiger partial charge is 0.420 e. The van der Waals surface area contributed by atoms with Crippen molar-refractivity contribution in [3.05, 3.63) is 52.8 Å². The van der Waals surface area contributed by atoms with Gasteiger partial charge in [-0.25, -0.2) is 32.2 Å². The Morgan fingerprint density at radius 1 is 1.23 bits per heavy atom. The van der Waals surface area contributed by atoms with Crippen molar-refractivity contribution in [3.8, 4) is 17.1 Å². The Morgan fingerprint density at radius 2 is 1.98 bits per heavy atom. The maximum absolute atomic E-state index is 15.3. The van der Waals surface area contributed by atoms with E-state index in [9.17, 15) is 31.1 Å². The Hall–Kier alpha value is -2.92. The highest BCUT2D eigenvalue weighted by Gasteiger charge is 2.38. The van der Waals surface area contributed by atoms with Crippen LogP contribution in [0.25, 0.3) is 17.1 Å². The molecule has 0 radical (unpaired) electrons. The van der Waals surface area contributed by atoms with E-state index in [4.69, 9.17) is 11.6 Å². The van der Waals surface area contributed by atoms with E-state index >= 15 is 4.39 Å². The number of anilines is 1. The summed E-state index contributed by atoms with van der Waals surface area (Å²) in [5.41, 5.74) is -2.50. The molecule has 2 saturated heterocycles. The third-order valence-electron chi connectivity index (χ3n) is 7.48. The van der Waals surface area contributed by atoms with Crippen molar-refractivity contribution < 1.29 is 35.5 Å². The number of β-amino-alcohol motifs (C(OH)–C–C–N with tert-alkyl or cyclic N) is 1. The van der Waals surface area contributed by atoms with Gasteiger partial charge in [0.25, 0.3) is 0 Å². The number of aromatic nitrogens is 4. The number of piperidine rings is 1. The van der Waals surface area contributed by atoms with E-state index < -0.39 is 57.6 Å². The number of imidazole rings is 1. The van der Waals surface area contributed by atoms with E-state index in [1.165, 1.54) is 6.07 Å². The van der Waals surface area contributed by atoms with Gasteiger partial charge in [0, 0.05) is 45.1 Å². The zero-order chi connectivity index (χ0) is 31.3. The summed E-state index contributed by atoms with van der Waals surface area (Å²) >= 11 is 6.41. The van der Waals surface area contributed by atoms with Crippen molar-refractivity contribution in [1.29, 1.82) is 0 Å². The van der Waals surface area contributed by atoms with Crippen molar-refractivity contribution in [2.45, 2.75) is 50.3 Å². The van der Waals surface area contributed by atoms with Crippen molar-refractivity contribution in [2.75, 3.05) is 37.8 Å². The summed E-state index contributed by atoms with van der Waals surface area (Å²) in [6, 6.07) is 1.87. The van der Waals surface area contributed by atoms with E-state index in [1.807, 2.05) is 4.90 Å². The Bertz CT molecular complexity index is 1600. The van der Waals surface area contributed by atoms with Gasteiger partial charge in [0.05, 0.1) is 22.9 Å². The lowest BCUT2D eigenvalue weighted by atomic mass is 10.1. The maximum atomic E-state index is 15.3. The summed E-state index contributed by atoms with van der Waals surface area (Å²) in [7, 11) is -3.61. The maximum Gasteiger partial charge on any atom is 0.420 e. The first kappa shape index (κ1) is 31.5. The van der Waals surface area contributed by atoms with Crippen LogP contribution >= 0.6 is 11.6 Å². The van der Waals surface area contributed by atoms with Gasteiger partial charge in [0.15, 0.2) is 0 Å². The quantitative estimate of drug-likeness (QED) is 0.371. The lowest BCUT2D eigenvalue weighted by Gasteiger charge is -2.33. The second kappa shape index (κ2) is 11.5. The number of likely N-dealkylation sites (tertiary alicyclic amines) is 1. The minimum atomic E-state index is -4.87. The molecular weight excluding hydrogens is 621 g/mol. The number of rotatable bonds is 7. The molecule has 2 aliphatic rings. The van der Waals surface area contributed by atoms with E-state index in [-0.39, 0.29) is 35.3 Å². The standard InChI is InChI=1S/C26H29ClF5N7O3S/c1-25(40)4-6-37(13-25)10-15-7-17(27)23(18(28)8-15)38-12-21(34-14-38)22-16(26(30,31)32)9-33-24(36-22)35-20-3-5-39(11-19(20)29)43(2,41)42/h7-9,12,14,19-20,40H,3-6,10-11,13H2,1-2H3,(H,33,35,36)/t19-,20-,25-/m1/s1. The minimum Gasteiger partial charge on any atom is -0.389 e. The summed E-state index contributed by atoms with van der Waals surface area (Å²) in [5.74, 6) is -1.04. The lowest BCUT2D eigenvalue weighted by Crippen LogP contribution is -2.49. The topological polar surface area (TPSA) is 116 Å². The van der Waals surface area contributed by atoms with E-state index in [2.05, 4.69) is 20.3 Å². The number of nitrogens with zero attached hydrogens (tertiary/aromatic N) is 6. The smallest absolute Gasteiger partial charge is 0.389 e. The van der Waals surface area contributed by atoms with Crippen LogP contribution in [0.3, 0.4) is 0 Å². The molecule has 43 heavy (non-hydrogen) atoms. The molecule has 3 atom stereocenters. The zero-order valence-corrected chi connectivity index (χ0v) is 24.7. The molecule has 2 N–H and O–H groups in total. The summed E-state index contributed by atoms with van der Waals surface area (Å²) < 4.78 is 97.3. The fraction of sp³-hybridized carbons (Fsp3) is 0.500. The highest BCUT2D eigenvalue weighted by molar-refractivity contribution is 7.88. The monoisotopic (exact) mass is 649 g/mol. The van der Waals surface area contributed by atoms with Gasteiger partial charge in [0.2, 0.25) is 16.0 Å². The van der Waals surface area contributed by atoms with Gasteiger partial charge >= 0.3 is 6.18 Å². The van der Waals surface area contributed by atoms with E-state index in [1.54, 1.807) is 13.0 Å². The fourth-order valence-corrected chi connectivity index (χ4v) is 6.49. The molecule has 10 nitrogen and oxygen atoms in total. The zero-order valence-electron chi connectivity index (χ0n) is 23.1. The molecule has 0 amide bonds. The Balaban J connectivity index is 1.40. The van der Waals surface area contributed by atoms with Crippen molar-refractivity contribution in [3.63, 3.8) is 0 Å². The Labute approximate surface area is 249 Å². The van der Waals surface area contributed by atoms with Crippen LogP contribution < -0.4 is 5.32 Å². The van der Waals surface area contributed by atoms with Crippen LogP contribution in [0, 0.1) is 5.82 Å². The molecule has 2 aromatic heterocycles. The normalized spacial score (nSPS) is 24.0. The summed E-state index contributed by atoms with van der Waals surface area (Å²) in [6.45, 7) is 2.71. The molecule has 0 saturated carbocycles. The number of alkyl halides is 4. The van der Waals surface area contributed by atoms with Crippen LogP contribution in [0.1, 0.15) is 30.9 Å². The molecule has 5 rings (SSSR count). The molecule has 0 aliphatic carbocycles. The highest BCUT2D eigenvalue weighted by Crippen LogP contribution is 2.37. The number of hydrogen-bond donors (Lipinski definition) is 2. The Morgan fingerprint density at radius 3 is 2.58 bits per heavy atom. The molecule has 2 aliphatic heterocycles. The van der Waals surface area contributed by atoms with Crippen LogP contribution in [0.2, 0.25) is 5.02 Å². The number of sulfonamides is 1. The number of benzene rings is 1. The van der Waals surface area contributed by atoms with Gasteiger partial charge in [-0.3, -0.25) is 4.90 Å². The second-order valence-corrected chi connectivity index (χ2v) is 13.6. The molecular formula is C26H29ClF5N7O3S. The fourth-order valence-electron chi connectivity index (χ4n) is 5.32. The predicted octanol–water partition coefficient (Wildman–Crippen LogP) is 3.88. The summed E-state index contributed by atoms with van der Waals surface area (Å²) in [6.07, 6.45) is -2.16.